The van der Waals surface area contributed by atoms with E-state index in [4.69, 9.17) is 4.74 Å². The summed E-state index contributed by atoms with van der Waals surface area (Å²) in [6.07, 6.45) is 11.3. The lowest BCUT2D eigenvalue weighted by molar-refractivity contribution is -0.0771. The molecule has 1 spiro atoms. The molecular weight excluding hydrogens is 328 g/mol. The van der Waals surface area contributed by atoms with Crippen LogP contribution in [0.5, 0.6) is 0 Å². The Labute approximate surface area is 156 Å². The Balaban J connectivity index is 1.28. The van der Waals surface area contributed by atoms with Gasteiger partial charge in [0.1, 0.15) is 0 Å². The highest BCUT2D eigenvalue weighted by atomic mass is 16.5. The average molecular weight is 361 g/mol. The predicted octanol–water partition coefficient (Wildman–Crippen LogP) is 2.16. The summed E-state index contributed by atoms with van der Waals surface area (Å²) in [5.41, 5.74) is 0.842. The quantitative estimate of drug-likeness (QED) is 0.807. The molecule has 6 nitrogen and oxygen atoms in total. The first kappa shape index (κ1) is 18.0. The molecule has 26 heavy (non-hydrogen) atoms. The first-order chi connectivity index (χ1) is 12.6. The lowest BCUT2D eigenvalue weighted by Gasteiger charge is -2.58. The summed E-state index contributed by atoms with van der Waals surface area (Å²) in [5.74, 6) is 1.53. The van der Waals surface area contributed by atoms with E-state index in [0.29, 0.717) is 11.5 Å². The molecule has 6 heteroatoms. The third-order valence-corrected chi connectivity index (χ3v) is 6.74. The molecule has 0 unspecified atom stereocenters. The highest BCUT2D eigenvalue weighted by Gasteiger charge is 2.51. The number of amides is 1. The Hall–Kier alpha value is -1.40. The minimum absolute atomic E-state index is 0.108. The molecule has 2 aliphatic heterocycles. The van der Waals surface area contributed by atoms with Gasteiger partial charge in [-0.05, 0) is 51.1 Å². The molecular formula is C20H32N4O2. The van der Waals surface area contributed by atoms with E-state index < -0.39 is 0 Å². The molecule has 2 saturated heterocycles. The summed E-state index contributed by atoms with van der Waals surface area (Å²) < 4.78 is 7.78. The van der Waals surface area contributed by atoms with Gasteiger partial charge < -0.3 is 9.64 Å². The number of aromatic nitrogens is 2. The number of rotatable bonds is 5. The number of ether oxygens (including phenoxy) is 1. The molecule has 4 rings (SSSR count). The smallest absolute Gasteiger partial charge is 0.257 e. The van der Waals surface area contributed by atoms with Crippen LogP contribution in [0, 0.1) is 11.8 Å². The monoisotopic (exact) mass is 360 g/mol. The number of likely N-dealkylation sites (N-methyl/N-ethyl adjacent to an activating group) is 1. The molecule has 0 N–H and O–H groups in total. The van der Waals surface area contributed by atoms with Crippen molar-refractivity contribution in [3.63, 3.8) is 0 Å². The van der Waals surface area contributed by atoms with Crippen LogP contribution in [0.4, 0.5) is 0 Å². The van der Waals surface area contributed by atoms with Crippen LogP contribution in [0.25, 0.3) is 0 Å². The topological polar surface area (TPSA) is 50.6 Å². The summed E-state index contributed by atoms with van der Waals surface area (Å²) in [6, 6.07) is 0. The maximum Gasteiger partial charge on any atom is 0.257 e. The Morgan fingerprint density at radius 2 is 1.92 bits per heavy atom. The number of carbonyl (C=O) groups is 1. The molecule has 1 aromatic rings. The minimum atomic E-state index is 0.108. The summed E-state index contributed by atoms with van der Waals surface area (Å²) in [5, 5.41) is 4.12. The van der Waals surface area contributed by atoms with Crippen molar-refractivity contribution in [1.29, 1.82) is 0 Å². The van der Waals surface area contributed by atoms with Gasteiger partial charge in [-0.2, -0.15) is 5.10 Å². The molecule has 3 fully saturated rings. The number of nitrogens with zero attached hydrogens (tertiary/aromatic N) is 4. The van der Waals surface area contributed by atoms with Crippen molar-refractivity contribution in [3.05, 3.63) is 18.0 Å². The number of carbonyl (C=O) groups excluding carboxylic acids is 1. The van der Waals surface area contributed by atoms with E-state index in [1.165, 1.54) is 32.1 Å². The fraction of sp³-hybridized carbons (Fsp3) is 0.800. The van der Waals surface area contributed by atoms with E-state index in [1.54, 1.807) is 17.1 Å². The van der Waals surface area contributed by atoms with Gasteiger partial charge in [0.2, 0.25) is 0 Å². The van der Waals surface area contributed by atoms with Gasteiger partial charge in [-0.25, -0.2) is 0 Å². The van der Waals surface area contributed by atoms with Crippen LogP contribution in [0.2, 0.25) is 0 Å². The van der Waals surface area contributed by atoms with Crippen molar-refractivity contribution >= 4 is 5.91 Å². The third kappa shape index (κ3) is 3.54. The molecule has 1 atom stereocenters. The van der Waals surface area contributed by atoms with Crippen molar-refractivity contribution in [2.75, 3.05) is 39.9 Å². The summed E-state index contributed by atoms with van der Waals surface area (Å²) in [6.45, 7) is 4.60. The number of likely N-dealkylation sites (tertiary alicyclic amines) is 2. The first-order valence-corrected chi connectivity index (χ1v) is 10.1. The molecule has 144 valence electrons. The van der Waals surface area contributed by atoms with E-state index in [9.17, 15) is 4.79 Å². The zero-order chi connectivity index (χ0) is 18.1. The minimum Gasteiger partial charge on any atom is -0.381 e. The molecule has 3 heterocycles. The summed E-state index contributed by atoms with van der Waals surface area (Å²) in [7, 11) is 4.06. The molecule has 1 aromatic heterocycles. The Morgan fingerprint density at radius 1 is 1.19 bits per heavy atom. The zero-order valence-electron chi connectivity index (χ0n) is 16.2. The van der Waals surface area contributed by atoms with E-state index >= 15 is 0 Å². The highest BCUT2D eigenvalue weighted by molar-refractivity contribution is 5.94. The average Bonchev–Trinajstić information content (AvgIpc) is 3.25. The van der Waals surface area contributed by atoms with E-state index in [1.807, 2.05) is 11.9 Å². The SMILES string of the molecule is CN1CC[C@H](COCC2CCCC2)CC12CN(C(=O)c1cnn(C)c1)C2. The maximum absolute atomic E-state index is 12.6. The van der Waals surface area contributed by atoms with Crippen LogP contribution in [-0.4, -0.2) is 70.9 Å². The van der Waals surface area contributed by atoms with Crippen LogP contribution in [0.3, 0.4) is 0 Å². The van der Waals surface area contributed by atoms with Gasteiger partial charge in [0.25, 0.3) is 5.91 Å². The van der Waals surface area contributed by atoms with E-state index in [0.717, 1.165) is 45.2 Å². The van der Waals surface area contributed by atoms with Gasteiger partial charge in [0, 0.05) is 39.5 Å². The third-order valence-electron chi connectivity index (χ3n) is 6.74. The standard InChI is InChI=1S/C20H32N4O2/c1-22-8-7-17(13-26-12-16-5-3-4-6-16)9-20(22)14-24(15-20)19(25)18-10-21-23(2)11-18/h10-11,16-17H,3-9,12-15H2,1-2H3/t17-/m0/s1. The molecule has 0 aromatic carbocycles. The molecule has 1 saturated carbocycles. The van der Waals surface area contributed by atoms with Crippen LogP contribution in [-0.2, 0) is 11.8 Å². The Kier molecular flexibility index (Phi) is 5.06. The number of hydrogen-bond donors (Lipinski definition) is 0. The zero-order valence-corrected chi connectivity index (χ0v) is 16.2. The molecule has 3 aliphatic rings. The lowest BCUT2D eigenvalue weighted by Crippen LogP contribution is -2.72. The second-order valence-corrected chi connectivity index (χ2v) is 8.76. The van der Waals surface area contributed by atoms with Gasteiger partial charge >= 0.3 is 0 Å². The first-order valence-electron chi connectivity index (χ1n) is 10.1. The summed E-state index contributed by atoms with van der Waals surface area (Å²) in [4.78, 5) is 17.0. The number of piperidine rings is 1. The van der Waals surface area contributed by atoms with Crippen LogP contribution in [0.15, 0.2) is 12.4 Å². The number of hydrogen-bond acceptors (Lipinski definition) is 4. The summed E-state index contributed by atoms with van der Waals surface area (Å²) >= 11 is 0. The van der Waals surface area contributed by atoms with Crippen molar-refractivity contribution in [2.24, 2.45) is 18.9 Å². The number of aryl methyl sites for hydroxylation is 1. The van der Waals surface area contributed by atoms with E-state index in [2.05, 4.69) is 17.0 Å². The van der Waals surface area contributed by atoms with E-state index in [-0.39, 0.29) is 11.4 Å². The van der Waals surface area contributed by atoms with Crippen LogP contribution in [0.1, 0.15) is 48.9 Å². The molecule has 1 aliphatic carbocycles. The van der Waals surface area contributed by atoms with Crippen LogP contribution < -0.4 is 0 Å². The second kappa shape index (κ2) is 7.31. The van der Waals surface area contributed by atoms with Crippen molar-refractivity contribution in [2.45, 2.75) is 44.1 Å². The molecule has 0 radical (unpaired) electrons. The highest BCUT2D eigenvalue weighted by Crippen LogP contribution is 2.39. The fourth-order valence-corrected chi connectivity index (χ4v) is 5.02. The van der Waals surface area contributed by atoms with Crippen LogP contribution >= 0.6 is 0 Å². The Morgan fingerprint density at radius 3 is 2.62 bits per heavy atom. The van der Waals surface area contributed by atoms with Crippen molar-refractivity contribution in [1.82, 2.24) is 19.6 Å². The van der Waals surface area contributed by atoms with Gasteiger partial charge in [-0.1, -0.05) is 12.8 Å². The molecule has 0 bridgehead atoms. The fourth-order valence-electron chi connectivity index (χ4n) is 5.02. The van der Waals surface area contributed by atoms with Gasteiger partial charge in [0.05, 0.1) is 17.3 Å². The predicted molar refractivity (Wildman–Crippen MR) is 100.0 cm³/mol. The Bertz CT molecular complexity index is 632. The van der Waals surface area contributed by atoms with Gasteiger partial charge in [-0.3, -0.25) is 14.4 Å². The largest absolute Gasteiger partial charge is 0.381 e. The van der Waals surface area contributed by atoms with Gasteiger partial charge in [0.15, 0.2) is 0 Å². The maximum atomic E-state index is 12.6. The normalized spacial score (nSPS) is 26.4. The van der Waals surface area contributed by atoms with Gasteiger partial charge in [-0.15, -0.1) is 0 Å². The van der Waals surface area contributed by atoms with Crippen molar-refractivity contribution < 1.29 is 9.53 Å². The lowest BCUT2D eigenvalue weighted by atomic mass is 9.75. The molecule has 1 amide bonds. The second-order valence-electron chi connectivity index (χ2n) is 8.76. The van der Waals surface area contributed by atoms with Crippen molar-refractivity contribution in [3.8, 4) is 0 Å².